The Morgan fingerprint density at radius 3 is 2.40 bits per heavy atom. The lowest BCUT2D eigenvalue weighted by molar-refractivity contribution is -0.0135. The molecule has 2 saturated heterocycles. The Morgan fingerprint density at radius 2 is 1.79 bits per heavy atom. The van der Waals surface area contributed by atoms with Crippen LogP contribution in [0.4, 0.5) is 16.0 Å². The summed E-state index contributed by atoms with van der Waals surface area (Å²) in [6.07, 6.45) is 4.28. The van der Waals surface area contributed by atoms with Crippen LogP contribution in [0.3, 0.4) is 0 Å². The molecule has 11 nitrogen and oxygen atoms in total. The minimum Gasteiger partial charge on any atom is -0.480 e. The van der Waals surface area contributed by atoms with Gasteiger partial charge in [-0.2, -0.15) is 0 Å². The Balaban J connectivity index is 0.00000207. The van der Waals surface area contributed by atoms with Crippen LogP contribution in [0.15, 0.2) is 24.4 Å². The van der Waals surface area contributed by atoms with Crippen LogP contribution in [0, 0.1) is 11.7 Å². The second kappa shape index (κ2) is 13.7. The van der Waals surface area contributed by atoms with Crippen molar-refractivity contribution in [2.75, 3.05) is 62.4 Å². The van der Waals surface area contributed by atoms with Gasteiger partial charge >= 0.3 is 0 Å². The van der Waals surface area contributed by atoms with Gasteiger partial charge in [0, 0.05) is 36.8 Å². The SMILES string of the molecule is CC.COc1ncc(-c2nc(N3CCOCC3)nc3c(CN4CCC(C(C)(C)O)CC4)cc(F)cc23)cc1NS(C)(=O)=O. The van der Waals surface area contributed by atoms with Crippen molar-refractivity contribution in [1.82, 2.24) is 19.9 Å². The normalized spacial score (nSPS) is 17.0. The molecule has 2 fully saturated rings. The van der Waals surface area contributed by atoms with Crippen molar-refractivity contribution in [2.45, 2.75) is 52.7 Å². The number of morpholine rings is 1. The molecular formula is C30H43FN6O5S. The number of rotatable bonds is 8. The third-order valence-corrected chi connectivity index (χ3v) is 8.31. The summed E-state index contributed by atoms with van der Waals surface area (Å²) in [4.78, 5) is 18.4. The third kappa shape index (κ3) is 8.08. The van der Waals surface area contributed by atoms with Gasteiger partial charge in [-0.25, -0.2) is 27.8 Å². The maximum atomic E-state index is 15.2. The number of sulfonamides is 1. The molecule has 0 radical (unpaired) electrons. The van der Waals surface area contributed by atoms with Gasteiger partial charge in [0.05, 0.1) is 43.4 Å². The van der Waals surface area contributed by atoms with Gasteiger partial charge in [0.1, 0.15) is 11.5 Å². The van der Waals surface area contributed by atoms with Gasteiger partial charge in [0.15, 0.2) is 0 Å². The van der Waals surface area contributed by atoms with E-state index < -0.39 is 21.4 Å². The molecule has 0 atom stereocenters. The van der Waals surface area contributed by atoms with E-state index in [1.54, 1.807) is 6.07 Å². The number of ether oxygens (including phenoxy) is 2. The summed E-state index contributed by atoms with van der Waals surface area (Å²) in [7, 11) is -2.22. The zero-order valence-electron chi connectivity index (χ0n) is 25.9. The molecule has 43 heavy (non-hydrogen) atoms. The highest BCUT2D eigenvalue weighted by Gasteiger charge is 2.31. The number of methoxy groups -OCH3 is 1. The first-order chi connectivity index (χ1) is 20.4. The number of fused-ring (bicyclic) bond motifs is 1. The molecule has 2 aliphatic heterocycles. The number of hydrogen-bond acceptors (Lipinski definition) is 10. The van der Waals surface area contributed by atoms with Crippen molar-refractivity contribution in [2.24, 2.45) is 5.92 Å². The smallest absolute Gasteiger partial charge is 0.238 e. The highest BCUT2D eigenvalue weighted by atomic mass is 32.2. The van der Waals surface area contributed by atoms with Crippen molar-refractivity contribution in [3.8, 4) is 17.1 Å². The number of benzene rings is 1. The number of likely N-dealkylation sites (tertiary alicyclic amines) is 1. The van der Waals surface area contributed by atoms with Crippen molar-refractivity contribution in [1.29, 1.82) is 0 Å². The van der Waals surface area contributed by atoms with Gasteiger partial charge in [-0.15, -0.1) is 0 Å². The molecule has 0 bridgehead atoms. The second-order valence-electron chi connectivity index (χ2n) is 11.3. The molecule has 5 rings (SSSR count). The maximum Gasteiger partial charge on any atom is 0.238 e. The molecule has 13 heteroatoms. The van der Waals surface area contributed by atoms with E-state index in [1.165, 1.54) is 25.4 Å². The zero-order chi connectivity index (χ0) is 31.4. The molecule has 0 amide bonds. The Morgan fingerprint density at radius 1 is 1.12 bits per heavy atom. The summed E-state index contributed by atoms with van der Waals surface area (Å²) in [5.41, 5.74) is 1.70. The maximum absolute atomic E-state index is 15.2. The molecule has 2 aromatic heterocycles. The summed E-state index contributed by atoms with van der Waals surface area (Å²) >= 11 is 0. The van der Waals surface area contributed by atoms with E-state index in [1.807, 2.05) is 32.6 Å². The van der Waals surface area contributed by atoms with E-state index in [-0.39, 0.29) is 17.5 Å². The van der Waals surface area contributed by atoms with E-state index in [0.29, 0.717) is 61.0 Å². The Labute approximate surface area is 253 Å². The Hall–Kier alpha value is -3.13. The number of piperidine rings is 1. The number of nitrogens with zero attached hydrogens (tertiary/aromatic N) is 5. The van der Waals surface area contributed by atoms with Gasteiger partial charge in [0.2, 0.25) is 21.9 Å². The molecule has 0 spiro atoms. The lowest BCUT2D eigenvalue weighted by Gasteiger charge is -2.37. The molecule has 1 aromatic carbocycles. The van der Waals surface area contributed by atoms with E-state index in [0.717, 1.165) is 37.8 Å². The van der Waals surface area contributed by atoms with Crippen LogP contribution in [0.1, 0.15) is 46.1 Å². The molecular weight excluding hydrogens is 575 g/mol. The number of halogens is 1. The lowest BCUT2D eigenvalue weighted by atomic mass is 9.83. The number of anilines is 2. The van der Waals surface area contributed by atoms with Crippen LogP contribution in [0.5, 0.6) is 5.88 Å². The average Bonchev–Trinajstić information content (AvgIpc) is 2.97. The number of hydrogen-bond donors (Lipinski definition) is 2. The molecule has 4 heterocycles. The average molecular weight is 619 g/mol. The van der Waals surface area contributed by atoms with Crippen molar-refractivity contribution in [3.63, 3.8) is 0 Å². The van der Waals surface area contributed by atoms with Crippen LogP contribution < -0.4 is 14.4 Å². The number of pyridine rings is 1. The van der Waals surface area contributed by atoms with E-state index in [2.05, 4.69) is 14.6 Å². The summed E-state index contributed by atoms with van der Waals surface area (Å²) in [6.45, 7) is 12.0. The van der Waals surface area contributed by atoms with E-state index in [9.17, 15) is 13.5 Å². The highest BCUT2D eigenvalue weighted by molar-refractivity contribution is 7.92. The monoisotopic (exact) mass is 618 g/mol. The Kier molecular flexibility index (Phi) is 10.4. The highest BCUT2D eigenvalue weighted by Crippen LogP contribution is 2.35. The zero-order valence-corrected chi connectivity index (χ0v) is 26.7. The lowest BCUT2D eigenvalue weighted by Crippen LogP contribution is -2.41. The van der Waals surface area contributed by atoms with E-state index in [4.69, 9.17) is 19.4 Å². The first kappa shape index (κ1) is 32.8. The molecule has 0 saturated carbocycles. The topological polar surface area (TPSA) is 130 Å². The number of aliphatic hydroxyl groups is 1. The third-order valence-electron chi connectivity index (χ3n) is 7.72. The molecule has 3 aromatic rings. The van der Waals surface area contributed by atoms with Gasteiger partial charge in [-0.3, -0.25) is 9.62 Å². The summed E-state index contributed by atoms with van der Waals surface area (Å²) in [5.74, 6) is 0.381. The number of nitrogens with one attached hydrogen (secondary N) is 1. The van der Waals surface area contributed by atoms with Crippen LogP contribution in [-0.4, -0.2) is 91.7 Å². The van der Waals surface area contributed by atoms with Gasteiger partial charge < -0.3 is 19.5 Å². The second-order valence-corrected chi connectivity index (χ2v) is 13.0. The fourth-order valence-corrected chi connectivity index (χ4v) is 6.10. The van der Waals surface area contributed by atoms with Crippen molar-refractivity contribution in [3.05, 3.63) is 35.8 Å². The van der Waals surface area contributed by atoms with Crippen molar-refractivity contribution < 1.29 is 27.4 Å². The van der Waals surface area contributed by atoms with Crippen LogP contribution in [0.25, 0.3) is 22.2 Å². The van der Waals surface area contributed by atoms with Crippen molar-refractivity contribution >= 4 is 32.6 Å². The minimum atomic E-state index is -3.63. The summed E-state index contributed by atoms with van der Waals surface area (Å²) in [5, 5.41) is 11.0. The molecule has 236 valence electrons. The predicted molar refractivity (Wildman–Crippen MR) is 166 cm³/mol. The van der Waals surface area contributed by atoms with Gasteiger partial charge in [0.25, 0.3) is 0 Å². The fourth-order valence-electron chi connectivity index (χ4n) is 5.55. The first-order valence-corrected chi connectivity index (χ1v) is 16.6. The van der Waals surface area contributed by atoms with Gasteiger partial charge in [-0.1, -0.05) is 13.8 Å². The first-order valence-electron chi connectivity index (χ1n) is 14.7. The summed E-state index contributed by atoms with van der Waals surface area (Å²) < 4.78 is 52.5. The molecule has 0 unspecified atom stereocenters. The van der Waals surface area contributed by atoms with Crippen LogP contribution in [-0.2, 0) is 21.3 Å². The fraction of sp³-hybridized carbons (Fsp3) is 0.567. The van der Waals surface area contributed by atoms with E-state index >= 15 is 4.39 Å². The largest absolute Gasteiger partial charge is 0.480 e. The predicted octanol–water partition coefficient (Wildman–Crippen LogP) is 4.06. The van der Waals surface area contributed by atoms with Gasteiger partial charge in [-0.05, 0) is 69.5 Å². The molecule has 0 aliphatic carbocycles. The molecule has 2 N–H and O–H groups in total. The quantitative estimate of drug-likeness (QED) is 0.381. The molecule has 2 aliphatic rings. The minimum absolute atomic E-state index is 0.104. The van der Waals surface area contributed by atoms with Crippen LogP contribution in [0.2, 0.25) is 0 Å². The number of aromatic nitrogens is 3. The Bertz CT molecular complexity index is 1520. The van der Waals surface area contributed by atoms with Crippen LogP contribution >= 0.6 is 0 Å². The standard InChI is InChI=1S/C28H37FN6O5S.C2H6/c1-28(2,36)20-5-7-34(8-6-20)17-19-13-21(29)15-22-24(31-27(32-25(19)22)35-9-11-40-12-10-35)18-14-23(33-41(4,37)38)26(39-3)30-16-18;1-2/h13-16,20,33,36H,5-12,17H2,1-4H3;1-2H3. The summed E-state index contributed by atoms with van der Waals surface area (Å²) in [6, 6.07) is 4.52.